The summed E-state index contributed by atoms with van der Waals surface area (Å²) in [6.45, 7) is 0. The van der Waals surface area contributed by atoms with Crippen LogP contribution < -0.4 is 5.32 Å². The molecule has 0 atom stereocenters. The summed E-state index contributed by atoms with van der Waals surface area (Å²) >= 11 is 0. The van der Waals surface area contributed by atoms with Gasteiger partial charge in [-0.05, 0) is 12.8 Å². The Kier molecular flexibility index (Phi) is 1.99. The van der Waals surface area contributed by atoms with Crippen molar-refractivity contribution in [1.29, 1.82) is 0 Å². The molecule has 1 fully saturated rings. The molecule has 6 nitrogen and oxygen atoms in total. The number of rotatable bonds is 3. The summed E-state index contributed by atoms with van der Waals surface area (Å²) < 4.78 is 1.48. The summed E-state index contributed by atoms with van der Waals surface area (Å²) in [5.74, 6) is -1.01. The van der Waals surface area contributed by atoms with Crippen molar-refractivity contribution in [3.8, 4) is 0 Å². The largest absolute Gasteiger partial charge is 0.480 e. The summed E-state index contributed by atoms with van der Waals surface area (Å²) in [6.07, 6.45) is 2.36. The Morgan fingerprint density at radius 1 is 1.60 bits per heavy atom. The summed E-state index contributed by atoms with van der Waals surface area (Å²) in [5, 5.41) is 15.3. The number of aliphatic carboxylic acids is 1. The Balaban J connectivity index is 2.11. The third-order valence-corrected chi connectivity index (χ3v) is 2.66. The number of carbonyl (C=O) groups excluding carboxylic acids is 1. The molecule has 1 heterocycles. The molecule has 1 aliphatic rings. The molecular weight excluding hydrogens is 198 g/mol. The second-order valence-corrected chi connectivity index (χ2v) is 3.68. The van der Waals surface area contributed by atoms with E-state index in [2.05, 4.69) is 10.4 Å². The predicted octanol–water partition coefficient (Wildman–Crippen LogP) is 0.223. The normalized spacial score (nSPS) is 17.1. The molecule has 1 aromatic heterocycles. The van der Waals surface area contributed by atoms with Crippen molar-refractivity contribution in [3.63, 3.8) is 0 Å². The number of aromatic nitrogens is 2. The van der Waals surface area contributed by atoms with Gasteiger partial charge < -0.3 is 10.4 Å². The van der Waals surface area contributed by atoms with Crippen LogP contribution in [0.5, 0.6) is 0 Å². The van der Waals surface area contributed by atoms with Crippen molar-refractivity contribution in [2.24, 2.45) is 12.5 Å². The smallest absolute Gasteiger partial charge is 0.319 e. The molecule has 1 aromatic rings. The minimum absolute atomic E-state index is 0.409. The number of aryl methyl sites for hydroxylation is 1. The summed E-state index contributed by atoms with van der Waals surface area (Å²) in [4.78, 5) is 22.5. The quantitative estimate of drug-likeness (QED) is 0.697. The molecule has 0 aliphatic heterocycles. The standard InChI is InChI=1S/C9H11N3O3/c1-12-6(2-5-10-12)11-7(13)9(3-4-9)8(14)15/h2,5H,3-4H2,1H3,(H,11,13)(H,14,15). The van der Waals surface area contributed by atoms with E-state index in [0.717, 1.165) is 0 Å². The molecule has 0 radical (unpaired) electrons. The number of anilines is 1. The fourth-order valence-electron chi connectivity index (χ4n) is 1.40. The molecule has 6 heteroatoms. The molecule has 0 bridgehead atoms. The Morgan fingerprint density at radius 3 is 2.67 bits per heavy atom. The van der Waals surface area contributed by atoms with Crippen LogP contribution in [0.4, 0.5) is 5.82 Å². The fourth-order valence-corrected chi connectivity index (χ4v) is 1.40. The minimum Gasteiger partial charge on any atom is -0.480 e. The van der Waals surface area contributed by atoms with E-state index < -0.39 is 17.3 Å². The molecule has 0 saturated heterocycles. The van der Waals surface area contributed by atoms with E-state index in [1.807, 2.05) is 0 Å². The van der Waals surface area contributed by atoms with Gasteiger partial charge in [-0.25, -0.2) is 0 Å². The van der Waals surface area contributed by atoms with Gasteiger partial charge in [0.1, 0.15) is 11.2 Å². The topological polar surface area (TPSA) is 84.2 Å². The van der Waals surface area contributed by atoms with E-state index >= 15 is 0 Å². The third kappa shape index (κ3) is 1.47. The number of hydrogen-bond acceptors (Lipinski definition) is 3. The van der Waals surface area contributed by atoms with E-state index in [4.69, 9.17) is 5.11 Å². The molecule has 2 rings (SSSR count). The lowest BCUT2D eigenvalue weighted by molar-refractivity contribution is -0.147. The number of carboxylic acid groups (broad SMARTS) is 1. The number of carbonyl (C=O) groups is 2. The monoisotopic (exact) mass is 209 g/mol. The number of hydrogen-bond donors (Lipinski definition) is 2. The first-order valence-corrected chi connectivity index (χ1v) is 4.59. The van der Waals surface area contributed by atoms with E-state index in [9.17, 15) is 9.59 Å². The number of carboxylic acids is 1. The Morgan fingerprint density at radius 2 is 2.27 bits per heavy atom. The van der Waals surface area contributed by atoms with Crippen LogP contribution in [0.15, 0.2) is 12.3 Å². The molecule has 15 heavy (non-hydrogen) atoms. The Labute approximate surface area is 85.9 Å². The van der Waals surface area contributed by atoms with Gasteiger partial charge in [-0.2, -0.15) is 5.10 Å². The van der Waals surface area contributed by atoms with Gasteiger partial charge in [0, 0.05) is 13.1 Å². The van der Waals surface area contributed by atoms with Gasteiger partial charge in [-0.15, -0.1) is 0 Å². The zero-order valence-corrected chi connectivity index (χ0v) is 8.23. The molecule has 1 amide bonds. The van der Waals surface area contributed by atoms with Gasteiger partial charge in [0.05, 0.1) is 6.20 Å². The maximum Gasteiger partial charge on any atom is 0.319 e. The van der Waals surface area contributed by atoms with Crippen LogP contribution in [0.2, 0.25) is 0 Å². The Hall–Kier alpha value is -1.85. The van der Waals surface area contributed by atoms with E-state index in [1.165, 1.54) is 10.9 Å². The summed E-state index contributed by atoms with van der Waals surface area (Å²) in [5.41, 5.74) is -1.20. The number of amides is 1. The first kappa shape index (κ1) is 9.70. The van der Waals surface area contributed by atoms with Gasteiger partial charge >= 0.3 is 5.97 Å². The minimum atomic E-state index is -1.20. The number of nitrogens with one attached hydrogen (secondary N) is 1. The maximum absolute atomic E-state index is 11.7. The van der Waals surface area contributed by atoms with Crippen LogP contribution in [0.25, 0.3) is 0 Å². The SMILES string of the molecule is Cn1nccc1NC(=O)C1(C(=O)O)CC1. The Bertz CT molecular complexity index is 420. The highest BCUT2D eigenvalue weighted by atomic mass is 16.4. The van der Waals surface area contributed by atoms with Crippen molar-refractivity contribution in [2.45, 2.75) is 12.8 Å². The molecule has 2 N–H and O–H groups in total. The average Bonchev–Trinajstić information content (AvgIpc) is 2.89. The van der Waals surface area contributed by atoms with Gasteiger partial charge in [-0.3, -0.25) is 14.3 Å². The van der Waals surface area contributed by atoms with Crippen molar-refractivity contribution >= 4 is 17.7 Å². The third-order valence-electron chi connectivity index (χ3n) is 2.66. The van der Waals surface area contributed by atoms with Crippen LogP contribution in [0.1, 0.15) is 12.8 Å². The molecule has 1 aliphatic carbocycles. The molecule has 0 spiro atoms. The van der Waals surface area contributed by atoms with Crippen molar-refractivity contribution < 1.29 is 14.7 Å². The summed E-state index contributed by atoms with van der Waals surface area (Å²) in [7, 11) is 1.68. The van der Waals surface area contributed by atoms with Crippen LogP contribution in [0, 0.1) is 5.41 Å². The average molecular weight is 209 g/mol. The van der Waals surface area contributed by atoms with Crippen molar-refractivity contribution in [1.82, 2.24) is 9.78 Å². The molecule has 80 valence electrons. The molecular formula is C9H11N3O3. The van der Waals surface area contributed by atoms with E-state index in [-0.39, 0.29) is 0 Å². The number of nitrogens with zero attached hydrogens (tertiary/aromatic N) is 2. The van der Waals surface area contributed by atoms with Crippen molar-refractivity contribution in [3.05, 3.63) is 12.3 Å². The predicted molar refractivity (Wildman–Crippen MR) is 51.1 cm³/mol. The molecule has 0 unspecified atom stereocenters. The molecule has 0 aromatic carbocycles. The van der Waals surface area contributed by atoms with Crippen LogP contribution in [-0.4, -0.2) is 26.8 Å². The van der Waals surface area contributed by atoms with Gasteiger partial charge in [0.15, 0.2) is 0 Å². The van der Waals surface area contributed by atoms with E-state index in [1.54, 1.807) is 13.1 Å². The second-order valence-electron chi connectivity index (χ2n) is 3.68. The lowest BCUT2D eigenvalue weighted by atomic mass is 10.1. The second kappa shape index (κ2) is 3.08. The van der Waals surface area contributed by atoms with E-state index in [0.29, 0.717) is 18.7 Å². The molecule has 1 saturated carbocycles. The van der Waals surface area contributed by atoms with Gasteiger partial charge in [0.25, 0.3) is 0 Å². The lowest BCUT2D eigenvalue weighted by Gasteiger charge is -2.10. The summed E-state index contributed by atoms with van der Waals surface area (Å²) in [6, 6.07) is 1.62. The highest BCUT2D eigenvalue weighted by Gasteiger charge is 2.57. The fraction of sp³-hybridized carbons (Fsp3) is 0.444. The maximum atomic E-state index is 11.7. The highest BCUT2D eigenvalue weighted by Crippen LogP contribution is 2.46. The van der Waals surface area contributed by atoms with Gasteiger partial charge in [-0.1, -0.05) is 0 Å². The first-order chi connectivity index (χ1) is 7.06. The zero-order chi connectivity index (χ0) is 11.1. The van der Waals surface area contributed by atoms with Crippen LogP contribution in [-0.2, 0) is 16.6 Å². The zero-order valence-electron chi connectivity index (χ0n) is 8.23. The van der Waals surface area contributed by atoms with Gasteiger partial charge in [0.2, 0.25) is 5.91 Å². The first-order valence-electron chi connectivity index (χ1n) is 4.59. The highest BCUT2D eigenvalue weighted by molar-refractivity contribution is 6.10. The van der Waals surface area contributed by atoms with Crippen LogP contribution in [0.3, 0.4) is 0 Å². The lowest BCUT2D eigenvalue weighted by Crippen LogP contribution is -2.31. The van der Waals surface area contributed by atoms with Crippen molar-refractivity contribution in [2.75, 3.05) is 5.32 Å². The van der Waals surface area contributed by atoms with Crippen LogP contribution >= 0.6 is 0 Å².